The Morgan fingerprint density at radius 2 is 2.38 bits per heavy atom. The van der Waals surface area contributed by atoms with Gasteiger partial charge in [0, 0.05) is 26.4 Å². The molecule has 112 valence electrons. The highest BCUT2D eigenvalue weighted by Crippen LogP contribution is 2.21. The number of alkyl carbamates (subject to hydrolysis) is 1. The Labute approximate surface area is 130 Å². The van der Waals surface area contributed by atoms with Crippen molar-refractivity contribution in [3.05, 3.63) is 35.5 Å². The molecule has 3 rings (SSSR count). The lowest BCUT2D eigenvalue weighted by Crippen LogP contribution is -2.28. The van der Waals surface area contributed by atoms with Crippen molar-refractivity contribution in [3.8, 4) is 0 Å². The number of fused-ring (bicyclic) bond motifs is 1. The Hall–Kier alpha value is -2.01. The molecule has 0 saturated carbocycles. The van der Waals surface area contributed by atoms with Gasteiger partial charge in [-0.3, -0.25) is 0 Å². The molecule has 5 heteroatoms. The molecular formula is C16H21N3O2. The van der Waals surface area contributed by atoms with Gasteiger partial charge in [0.25, 0.3) is 0 Å². The summed E-state index contributed by atoms with van der Waals surface area (Å²) in [7, 11) is 3.62. The fraction of sp³-hybridized carbons (Fsp3) is 0.438. The summed E-state index contributed by atoms with van der Waals surface area (Å²) < 4.78 is 37.3. The molecule has 0 bridgehead atoms. The van der Waals surface area contributed by atoms with Crippen LogP contribution in [0, 0.1) is 0 Å². The van der Waals surface area contributed by atoms with Gasteiger partial charge in [0.1, 0.15) is 6.61 Å². The van der Waals surface area contributed by atoms with E-state index in [2.05, 4.69) is 0 Å². The lowest BCUT2D eigenvalue weighted by atomic mass is 10.0. The van der Waals surface area contributed by atoms with Crippen molar-refractivity contribution >= 4 is 17.0 Å². The maximum Gasteiger partial charge on any atom is 0.407 e. The molecule has 0 unspecified atom stereocenters. The van der Waals surface area contributed by atoms with Gasteiger partial charge in [-0.1, -0.05) is 6.07 Å². The first-order valence-electron chi connectivity index (χ1n) is 8.82. The highest BCUT2D eigenvalue weighted by Gasteiger charge is 2.22. The van der Waals surface area contributed by atoms with Gasteiger partial charge in [-0.15, -0.1) is 0 Å². The van der Waals surface area contributed by atoms with Crippen LogP contribution in [0.25, 0.3) is 10.9 Å². The molecular weight excluding hydrogens is 266 g/mol. The van der Waals surface area contributed by atoms with Crippen LogP contribution in [-0.2, 0) is 17.5 Å². The van der Waals surface area contributed by atoms with Crippen LogP contribution in [0.3, 0.4) is 0 Å². The minimum Gasteiger partial charge on any atom is -0.447 e. The first-order chi connectivity index (χ1) is 11.7. The molecule has 21 heavy (non-hydrogen) atoms. The summed E-state index contributed by atoms with van der Waals surface area (Å²) in [6, 6.07) is 5.11. The van der Waals surface area contributed by atoms with Gasteiger partial charge in [0.05, 0.1) is 6.04 Å². The number of amides is 1. The predicted molar refractivity (Wildman–Crippen MR) is 82.5 cm³/mol. The van der Waals surface area contributed by atoms with E-state index in [1.54, 1.807) is 11.0 Å². The number of aromatic amines is 1. The van der Waals surface area contributed by atoms with Crippen LogP contribution in [-0.4, -0.2) is 49.3 Å². The number of ether oxygens (including phenoxy) is 1. The van der Waals surface area contributed by atoms with Crippen LogP contribution < -0.4 is 5.31 Å². The highest BCUT2D eigenvalue weighted by molar-refractivity contribution is 5.84. The number of aromatic nitrogens is 1. The Bertz CT molecular complexity index is 806. The SMILES string of the molecule is [2H]N1C(=O)OC[C@@H]1Cc1ccc2c(c1)c(C([2H])([2H])CN(C)C)cn2[2H]. The van der Waals surface area contributed by atoms with Crippen LogP contribution in [0.2, 0.25) is 2.82 Å². The van der Waals surface area contributed by atoms with Gasteiger partial charge in [0.15, 0.2) is 2.82 Å². The molecule has 5 nitrogen and oxygen atoms in total. The zero-order valence-electron chi connectivity index (χ0n) is 16.2. The molecule has 2 N–H and O–H groups in total. The van der Waals surface area contributed by atoms with E-state index in [9.17, 15) is 4.79 Å². The Morgan fingerprint density at radius 1 is 1.52 bits per heavy atom. The molecule has 1 fully saturated rings. The van der Waals surface area contributed by atoms with Crippen molar-refractivity contribution in [2.45, 2.75) is 18.8 Å². The third-order valence-electron chi connectivity index (χ3n) is 3.43. The first-order valence-corrected chi connectivity index (χ1v) is 6.92. The topological polar surface area (TPSA) is 57.4 Å². The zero-order chi connectivity index (χ0) is 18.4. The van der Waals surface area contributed by atoms with Crippen LogP contribution in [0.5, 0.6) is 0 Å². The Morgan fingerprint density at radius 3 is 3.10 bits per heavy atom. The first kappa shape index (κ1) is 9.84. The normalized spacial score (nSPS) is 22.1. The van der Waals surface area contributed by atoms with E-state index in [1.165, 1.54) is 11.2 Å². The number of cyclic esters (lactones) is 1. The molecule has 1 saturated heterocycles. The average Bonchev–Trinajstić information content (AvgIpc) is 3.01. The number of likely N-dealkylation sites (N-methyl/N-ethyl adjacent to an activating group) is 1. The molecule has 2 aromatic rings. The molecule has 1 aromatic carbocycles. The summed E-state index contributed by atoms with van der Waals surface area (Å²) in [6.45, 7) is 0.385. The minimum absolute atomic E-state index is 0.175. The lowest BCUT2D eigenvalue weighted by Gasteiger charge is -2.09. The van der Waals surface area contributed by atoms with Crippen LogP contribution >= 0.6 is 0 Å². The van der Waals surface area contributed by atoms with Crippen molar-refractivity contribution < 1.29 is 15.1 Å². The number of H-pyrrole nitrogens is 1. The Balaban J connectivity index is 1.96. The van der Waals surface area contributed by atoms with Gasteiger partial charge in [-0.2, -0.15) is 0 Å². The van der Waals surface area contributed by atoms with Crippen molar-refractivity contribution in [3.63, 3.8) is 0 Å². The summed E-state index contributed by atoms with van der Waals surface area (Å²) in [5.41, 5.74) is 1.97. The van der Waals surface area contributed by atoms with E-state index >= 15 is 0 Å². The van der Waals surface area contributed by atoms with E-state index < -0.39 is 12.5 Å². The zero-order valence-corrected chi connectivity index (χ0v) is 12.2. The number of hydrogen-bond donors (Lipinski definition) is 2. The molecule has 1 aliphatic rings. The summed E-state index contributed by atoms with van der Waals surface area (Å²) in [4.78, 5) is 14.3. The molecule has 1 atom stereocenters. The maximum atomic E-state index is 11.3. The van der Waals surface area contributed by atoms with Crippen molar-refractivity contribution in [2.75, 3.05) is 27.2 Å². The second kappa shape index (κ2) is 5.77. The van der Waals surface area contributed by atoms with Gasteiger partial charge in [-0.05, 0) is 50.1 Å². The average molecular weight is 291 g/mol. The van der Waals surface area contributed by atoms with Gasteiger partial charge >= 0.3 is 6.09 Å². The predicted octanol–water partition coefficient (Wildman–Crippen LogP) is 1.92. The smallest absolute Gasteiger partial charge is 0.407 e. The largest absolute Gasteiger partial charge is 0.447 e. The van der Waals surface area contributed by atoms with E-state index in [0.717, 1.165) is 10.9 Å². The second-order valence-corrected chi connectivity index (χ2v) is 5.50. The third kappa shape index (κ3) is 3.19. The van der Waals surface area contributed by atoms with Crippen LogP contribution in [0.4, 0.5) is 4.79 Å². The van der Waals surface area contributed by atoms with E-state index in [0.29, 0.717) is 22.9 Å². The molecule has 0 spiro atoms. The molecule has 1 aromatic heterocycles. The molecule has 0 radical (unpaired) electrons. The monoisotopic (exact) mass is 291 g/mol. The van der Waals surface area contributed by atoms with Crippen LogP contribution in [0.1, 0.15) is 13.9 Å². The lowest BCUT2D eigenvalue weighted by molar-refractivity contribution is 0.177. The second-order valence-electron chi connectivity index (χ2n) is 5.50. The Kier molecular flexibility index (Phi) is 2.71. The molecule has 2 heterocycles. The number of nitrogens with zero attached hydrogens (tertiary/aromatic N) is 1. The van der Waals surface area contributed by atoms with Crippen molar-refractivity contribution in [2.24, 2.45) is 0 Å². The van der Waals surface area contributed by atoms with Gasteiger partial charge < -0.3 is 19.9 Å². The standard InChI is InChI=1S/C16H21N3O2/c1-19(2)6-5-12-9-17-15-4-3-11(8-14(12)15)7-13-10-21-16(20)18-13/h3-4,8-9,13,17H,5-7,10H2,1-2H3,(H,18,20)/t13-/m0/s1/i5D2/hD2. The maximum absolute atomic E-state index is 11.3. The summed E-state index contributed by atoms with van der Waals surface area (Å²) in [5.74, 6) is 0. The fourth-order valence-electron chi connectivity index (χ4n) is 2.39. The highest BCUT2D eigenvalue weighted by atomic mass is 16.6. The fourth-order valence-corrected chi connectivity index (χ4v) is 2.39. The summed E-state index contributed by atoms with van der Waals surface area (Å²) in [5, 5.41) is 1.52. The van der Waals surface area contributed by atoms with Gasteiger partial charge in [-0.25, -0.2) is 4.79 Å². The number of benzene rings is 1. The molecule has 0 aliphatic carbocycles. The van der Waals surface area contributed by atoms with Crippen LogP contribution in [0.15, 0.2) is 24.4 Å². The van der Waals surface area contributed by atoms with E-state index in [1.807, 2.05) is 26.2 Å². The van der Waals surface area contributed by atoms with Crippen molar-refractivity contribution in [1.82, 2.24) is 15.2 Å². The summed E-state index contributed by atoms with van der Waals surface area (Å²) >= 11 is 0. The van der Waals surface area contributed by atoms with Crippen molar-refractivity contribution in [1.29, 1.82) is 0 Å². The van der Waals surface area contributed by atoms with E-state index in [-0.39, 0.29) is 19.2 Å². The quantitative estimate of drug-likeness (QED) is 0.885. The minimum atomic E-state index is -1.60. The summed E-state index contributed by atoms with van der Waals surface area (Å²) in [6.07, 6.45) is -0.284. The number of nitrogens with one attached hydrogen (secondary N) is 2. The number of carbonyl (C=O) groups is 1. The molecule has 1 aliphatic heterocycles. The van der Waals surface area contributed by atoms with E-state index in [4.69, 9.17) is 10.3 Å². The number of rotatable bonds is 5. The number of hydrogen-bond acceptors (Lipinski definition) is 3. The molecule has 1 amide bonds. The third-order valence-corrected chi connectivity index (χ3v) is 3.43. The number of carbonyl (C=O) groups excluding carboxylic acids is 1. The van der Waals surface area contributed by atoms with Gasteiger partial charge in [0.2, 0.25) is 0 Å².